The second-order valence-corrected chi connectivity index (χ2v) is 6.02. The molecule has 132 valence electrons. The van der Waals surface area contributed by atoms with Gasteiger partial charge < -0.3 is 20.3 Å². The SMILES string of the molecule is COc1ccc(NC(=O)Nc2ccc(N3CCCCC3)c(F)c2)cc1. The lowest BCUT2D eigenvalue weighted by atomic mass is 10.1. The number of nitrogens with zero attached hydrogens (tertiary/aromatic N) is 1. The summed E-state index contributed by atoms with van der Waals surface area (Å²) in [4.78, 5) is 14.1. The Hall–Kier alpha value is -2.76. The van der Waals surface area contributed by atoms with Gasteiger partial charge in [0.05, 0.1) is 12.8 Å². The first-order valence-electron chi connectivity index (χ1n) is 8.42. The molecule has 1 aliphatic rings. The predicted octanol–water partition coefficient (Wildman–Crippen LogP) is 4.47. The fourth-order valence-corrected chi connectivity index (χ4v) is 2.94. The first-order valence-corrected chi connectivity index (χ1v) is 8.42. The molecular formula is C19H22FN3O2. The van der Waals surface area contributed by atoms with E-state index in [1.165, 1.54) is 12.5 Å². The smallest absolute Gasteiger partial charge is 0.323 e. The molecule has 0 spiro atoms. The van der Waals surface area contributed by atoms with Crippen molar-refractivity contribution in [2.75, 3.05) is 35.7 Å². The van der Waals surface area contributed by atoms with Crippen molar-refractivity contribution in [3.8, 4) is 5.75 Å². The summed E-state index contributed by atoms with van der Waals surface area (Å²) < 4.78 is 19.4. The maximum Gasteiger partial charge on any atom is 0.323 e. The molecule has 2 amide bonds. The number of methoxy groups -OCH3 is 1. The van der Waals surface area contributed by atoms with Crippen molar-refractivity contribution < 1.29 is 13.9 Å². The van der Waals surface area contributed by atoms with Crippen LogP contribution in [0.2, 0.25) is 0 Å². The lowest BCUT2D eigenvalue weighted by molar-refractivity contribution is 0.262. The number of carbonyl (C=O) groups is 1. The van der Waals surface area contributed by atoms with Gasteiger partial charge in [-0.1, -0.05) is 0 Å². The molecule has 0 radical (unpaired) electrons. The highest BCUT2D eigenvalue weighted by Gasteiger charge is 2.15. The van der Waals surface area contributed by atoms with Gasteiger partial charge in [0, 0.05) is 24.5 Å². The molecule has 2 N–H and O–H groups in total. The van der Waals surface area contributed by atoms with Crippen molar-refractivity contribution in [2.24, 2.45) is 0 Å². The molecule has 3 rings (SSSR count). The summed E-state index contributed by atoms with van der Waals surface area (Å²) in [6.07, 6.45) is 3.37. The van der Waals surface area contributed by atoms with Gasteiger partial charge in [-0.05, 0) is 61.7 Å². The highest BCUT2D eigenvalue weighted by molar-refractivity contribution is 5.99. The zero-order chi connectivity index (χ0) is 17.6. The number of ether oxygens (including phenoxy) is 1. The van der Waals surface area contributed by atoms with Gasteiger partial charge in [-0.25, -0.2) is 9.18 Å². The molecule has 1 saturated heterocycles. The Bertz CT molecular complexity index is 728. The number of piperidine rings is 1. The average molecular weight is 343 g/mol. The van der Waals surface area contributed by atoms with Crippen LogP contribution < -0.4 is 20.3 Å². The topological polar surface area (TPSA) is 53.6 Å². The normalized spacial score (nSPS) is 14.1. The van der Waals surface area contributed by atoms with E-state index in [1.807, 2.05) is 0 Å². The van der Waals surface area contributed by atoms with Crippen LogP contribution in [0.1, 0.15) is 19.3 Å². The molecule has 1 heterocycles. The summed E-state index contributed by atoms with van der Waals surface area (Å²) in [5.41, 5.74) is 1.65. The molecule has 0 atom stereocenters. The van der Waals surface area contributed by atoms with Crippen LogP contribution in [0.5, 0.6) is 5.75 Å². The van der Waals surface area contributed by atoms with Crippen LogP contribution in [0.4, 0.5) is 26.2 Å². The minimum atomic E-state index is -0.421. The molecule has 0 saturated carbocycles. The summed E-state index contributed by atoms with van der Waals surface area (Å²) >= 11 is 0. The minimum Gasteiger partial charge on any atom is -0.497 e. The maximum atomic E-state index is 14.4. The van der Waals surface area contributed by atoms with Crippen LogP contribution in [0.3, 0.4) is 0 Å². The molecule has 6 heteroatoms. The summed E-state index contributed by atoms with van der Waals surface area (Å²) in [7, 11) is 1.58. The molecule has 0 bridgehead atoms. The van der Waals surface area contributed by atoms with Crippen LogP contribution in [0, 0.1) is 5.82 Å². The van der Waals surface area contributed by atoms with Crippen LogP contribution in [0.15, 0.2) is 42.5 Å². The highest BCUT2D eigenvalue weighted by atomic mass is 19.1. The van der Waals surface area contributed by atoms with Crippen molar-refractivity contribution in [1.82, 2.24) is 0 Å². The minimum absolute atomic E-state index is 0.316. The molecule has 1 fully saturated rings. The molecule has 1 aliphatic heterocycles. The van der Waals surface area contributed by atoms with Crippen molar-refractivity contribution in [1.29, 1.82) is 0 Å². The second kappa shape index (κ2) is 7.88. The predicted molar refractivity (Wildman–Crippen MR) is 98.1 cm³/mol. The Morgan fingerprint density at radius 3 is 2.28 bits per heavy atom. The van der Waals surface area contributed by atoms with Crippen molar-refractivity contribution in [2.45, 2.75) is 19.3 Å². The molecule has 2 aromatic carbocycles. The van der Waals surface area contributed by atoms with Crippen LogP contribution in [-0.4, -0.2) is 26.2 Å². The van der Waals surface area contributed by atoms with Gasteiger partial charge in [-0.3, -0.25) is 0 Å². The number of anilines is 3. The molecule has 25 heavy (non-hydrogen) atoms. The number of carbonyl (C=O) groups excluding carboxylic acids is 1. The number of nitrogens with one attached hydrogen (secondary N) is 2. The van der Waals surface area contributed by atoms with Gasteiger partial charge >= 0.3 is 6.03 Å². The third kappa shape index (κ3) is 4.41. The first-order chi connectivity index (χ1) is 12.2. The van der Waals surface area contributed by atoms with Gasteiger partial charge in [0.2, 0.25) is 0 Å². The summed E-state index contributed by atoms with van der Waals surface area (Å²) in [5.74, 6) is 0.394. The van der Waals surface area contributed by atoms with E-state index in [-0.39, 0.29) is 5.82 Å². The fraction of sp³-hybridized carbons (Fsp3) is 0.316. The number of benzene rings is 2. The molecular weight excluding hydrogens is 321 g/mol. The van der Waals surface area contributed by atoms with Gasteiger partial charge in [0.25, 0.3) is 0 Å². The molecule has 2 aromatic rings. The molecule has 5 nitrogen and oxygen atoms in total. The van der Waals surface area contributed by atoms with Crippen LogP contribution in [0.25, 0.3) is 0 Å². The highest BCUT2D eigenvalue weighted by Crippen LogP contribution is 2.26. The Labute approximate surface area is 146 Å². The third-order valence-electron chi connectivity index (χ3n) is 4.25. The van der Waals surface area contributed by atoms with E-state index in [9.17, 15) is 9.18 Å². The van der Waals surface area contributed by atoms with Crippen LogP contribution in [-0.2, 0) is 0 Å². The zero-order valence-electron chi connectivity index (χ0n) is 14.2. The second-order valence-electron chi connectivity index (χ2n) is 6.02. The lowest BCUT2D eigenvalue weighted by Crippen LogP contribution is -2.30. The number of amides is 2. The van der Waals surface area contributed by atoms with E-state index in [1.54, 1.807) is 43.5 Å². The zero-order valence-corrected chi connectivity index (χ0v) is 14.2. The van der Waals surface area contributed by atoms with E-state index in [4.69, 9.17) is 4.74 Å². The summed E-state index contributed by atoms with van der Waals surface area (Å²) in [6.45, 7) is 1.75. The van der Waals surface area contributed by atoms with Crippen molar-refractivity contribution >= 4 is 23.1 Å². The number of urea groups is 1. The van der Waals surface area contributed by atoms with Gasteiger partial charge in [-0.15, -0.1) is 0 Å². The van der Waals surface area contributed by atoms with Crippen LogP contribution >= 0.6 is 0 Å². The number of halogens is 1. The summed E-state index contributed by atoms with van der Waals surface area (Å²) in [6, 6.07) is 11.4. The van der Waals surface area contributed by atoms with E-state index in [0.29, 0.717) is 22.8 Å². The van der Waals surface area contributed by atoms with E-state index >= 15 is 0 Å². The van der Waals surface area contributed by atoms with Gasteiger partial charge in [0.1, 0.15) is 11.6 Å². The lowest BCUT2D eigenvalue weighted by Gasteiger charge is -2.29. The summed E-state index contributed by atoms with van der Waals surface area (Å²) in [5, 5.41) is 5.35. The van der Waals surface area contributed by atoms with E-state index in [2.05, 4.69) is 15.5 Å². The largest absolute Gasteiger partial charge is 0.497 e. The van der Waals surface area contributed by atoms with E-state index < -0.39 is 6.03 Å². The quantitative estimate of drug-likeness (QED) is 0.861. The van der Waals surface area contributed by atoms with Gasteiger partial charge in [0.15, 0.2) is 0 Å². The molecule has 0 aliphatic carbocycles. The van der Waals surface area contributed by atoms with Crippen molar-refractivity contribution in [3.05, 3.63) is 48.3 Å². The van der Waals surface area contributed by atoms with Crippen molar-refractivity contribution in [3.63, 3.8) is 0 Å². The average Bonchev–Trinajstić information content (AvgIpc) is 2.63. The number of hydrogen-bond donors (Lipinski definition) is 2. The monoisotopic (exact) mass is 343 g/mol. The van der Waals surface area contributed by atoms with E-state index in [0.717, 1.165) is 25.9 Å². The Kier molecular flexibility index (Phi) is 5.38. The Balaban J connectivity index is 1.61. The maximum absolute atomic E-state index is 14.4. The van der Waals surface area contributed by atoms with Gasteiger partial charge in [-0.2, -0.15) is 0 Å². The Morgan fingerprint density at radius 2 is 1.64 bits per heavy atom. The molecule has 0 unspecified atom stereocenters. The molecule has 0 aromatic heterocycles. The Morgan fingerprint density at radius 1 is 1.00 bits per heavy atom. The standard InChI is InChI=1S/C19H22FN3O2/c1-25-16-8-5-14(6-9-16)21-19(24)22-15-7-10-18(17(20)13-15)23-11-3-2-4-12-23/h5-10,13H,2-4,11-12H2,1H3,(H2,21,22,24). The third-order valence-corrected chi connectivity index (χ3v) is 4.25. The number of hydrogen-bond acceptors (Lipinski definition) is 3. The fourth-order valence-electron chi connectivity index (χ4n) is 2.94. The number of rotatable bonds is 4. The first kappa shape index (κ1) is 17.1.